The second-order valence-corrected chi connectivity index (χ2v) is 5.84. The molecule has 0 bridgehead atoms. The summed E-state index contributed by atoms with van der Waals surface area (Å²) in [7, 11) is 0. The first-order valence-corrected chi connectivity index (χ1v) is 7.38. The SMILES string of the molecule is Nc1cc(-n2nnnc2C2CCCCC2)ccc1Br. The van der Waals surface area contributed by atoms with Gasteiger partial charge in [0.2, 0.25) is 0 Å². The maximum Gasteiger partial charge on any atom is 0.159 e. The number of tetrazole rings is 1. The standard InChI is InChI=1S/C13H16BrN5/c14-11-7-6-10(8-12(11)15)19-13(16-17-18-19)9-4-2-1-3-5-9/h6-9H,1-5,15H2. The van der Waals surface area contributed by atoms with Crippen LogP contribution in [0.4, 0.5) is 5.69 Å². The molecular weight excluding hydrogens is 306 g/mol. The molecule has 1 aliphatic rings. The first-order valence-electron chi connectivity index (χ1n) is 6.59. The van der Waals surface area contributed by atoms with Crippen LogP contribution in [0, 0.1) is 0 Å². The highest BCUT2D eigenvalue weighted by molar-refractivity contribution is 9.10. The van der Waals surface area contributed by atoms with Crippen molar-refractivity contribution < 1.29 is 0 Å². The van der Waals surface area contributed by atoms with Crippen molar-refractivity contribution in [3.8, 4) is 5.69 Å². The Morgan fingerprint density at radius 2 is 2.00 bits per heavy atom. The van der Waals surface area contributed by atoms with Gasteiger partial charge < -0.3 is 5.73 Å². The van der Waals surface area contributed by atoms with Gasteiger partial charge in [0, 0.05) is 16.1 Å². The summed E-state index contributed by atoms with van der Waals surface area (Å²) >= 11 is 3.40. The number of rotatable bonds is 2. The van der Waals surface area contributed by atoms with Crippen molar-refractivity contribution in [2.75, 3.05) is 5.73 Å². The van der Waals surface area contributed by atoms with Gasteiger partial charge in [-0.3, -0.25) is 0 Å². The average Bonchev–Trinajstić information content (AvgIpc) is 2.92. The second-order valence-electron chi connectivity index (χ2n) is 4.99. The van der Waals surface area contributed by atoms with Crippen LogP contribution in [0.5, 0.6) is 0 Å². The molecule has 0 saturated heterocycles. The number of halogens is 1. The third-order valence-electron chi connectivity index (χ3n) is 3.69. The van der Waals surface area contributed by atoms with Gasteiger partial charge in [-0.2, -0.15) is 4.68 Å². The van der Waals surface area contributed by atoms with Gasteiger partial charge in [0.1, 0.15) is 0 Å². The molecule has 0 unspecified atom stereocenters. The monoisotopic (exact) mass is 321 g/mol. The Bertz CT molecular complexity index is 574. The lowest BCUT2D eigenvalue weighted by Crippen LogP contribution is -2.12. The minimum absolute atomic E-state index is 0.466. The van der Waals surface area contributed by atoms with E-state index in [0.717, 1.165) is 16.0 Å². The number of benzene rings is 1. The topological polar surface area (TPSA) is 69.6 Å². The fourth-order valence-electron chi connectivity index (χ4n) is 2.66. The Kier molecular flexibility index (Phi) is 3.50. The maximum atomic E-state index is 5.93. The van der Waals surface area contributed by atoms with Gasteiger partial charge in [0.05, 0.1) is 5.69 Å². The summed E-state index contributed by atoms with van der Waals surface area (Å²) in [5, 5.41) is 12.2. The summed E-state index contributed by atoms with van der Waals surface area (Å²) < 4.78 is 2.71. The van der Waals surface area contributed by atoms with Crippen LogP contribution in [0.15, 0.2) is 22.7 Å². The molecule has 0 amide bonds. The van der Waals surface area contributed by atoms with Gasteiger partial charge in [-0.1, -0.05) is 19.3 Å². The summed E-state index contributed by atoms with van der Waals surface area (Å²) in [6.45, 7) is 0. The van der Waals surface area contributed by atoms with E-state index in [1.54, 1.807) is 0 Å². The van der Waals surface area contributed by atoms with Crippen LogP contribution >= 0.6 is 15.9 Å². The molecule has 0 radical (unpaired) electrons. The lowest BCUT2D eigenvalue weighted by atomic mass is 9.89. The Hall–Kier alpha value is -1.43. The smallest absolute Gasteiger partial charge is 0.159 e. The normalized spacial score (nSPS) is 16.7. The highest BCUT2D eigenvalue weighted by Crippen LogP contribution is 2.32. The molecule has 0 aliphatic heterocycles. The Morgan fingerprint density at radius 1 is 1.21 bits per heavy atom. The third-order valence-corrected chi connectivity index (χ3v) is 4.41. The van der Waals surface area contributed by atoms with Crippen molar-refractivity contribution >= 4 is 21.6 Å². The van der Waals surface area contributed by atoms with Gasteiger partial charge in [0.15, 0.2) is 5.82 Å². The van der Waals surface area contributed by atoms with Crippen LogP contribution in [0.3, 0.4) is 0 Å². The zero-order chi connectivity index (χ0) is 13.2. The number of aromatic nitrogens is 4. The zero-order valence-corrected chi connectivity index (χ0v) is 12.2. The molecule has 2 N–H and O–H groups in total. The van der Waals surface area contributed by atoms with Gasteiger partial charge in [-0.25, -0.2) is 0 Å². The summed E-state index contributed by atoms with van der Waals surface area (Å²) in [6, 6.07) is 5.80. The van der Waals surface area contributed by atoms with Crippen molar-refractivity contribution in [2.45, 2.75) is 38.0 Å². The highest BCUT2D eigenvalue weighted by Gasteiger charge is 2.22. The van der Waals surface area contributed by atoms with Crippen LogP contribution in [0.2, 0.25) is 0 Å². The molecule has 1 aliphatic carbocycles. The van der Waals surface area contributed by atoms with Crippen molar-refractivity contribution in [3.05, 3.63) is 28.5 Å². The molecule has 1 fully saturated rings. The quantitative estimate of drug-likeness (QED) is 0.863. The molecule has 0 atom stereocenters. The first-order chi connectivity index (χ1) is 9.25. The van der Waals surface area contributed by atoms with E-state index in [2.05, 4.69) is 31.5 Å². The molecule has 19 heavy (non-hydrogen) atoms. The lowest BCUT2D eigenvalue weighted by molar-refractivity contribution is 0.422. The van der Waals surface area contributed by atoms with E-state index in [9.17, 15) is 0 Å². The van der Waals surface area contributed by atoms with Crippen LogP contribution in [-0.4, -0.2) is 20.2 Å². The molecule has 6 heteroatoms. The molecule has 1 saturated carbocycles. The van der Waals surface area contributed by atoms with E-state index in [-0.39, 0.29) is 0 Å². The molecular formula is C13H16BrN5. The van der Waals surface area contributed by atoms with E-state index >= 15 is 0 Å². The summed E-state index contributed by atoms with van der Waals surface area (Å²) in [6.07, 6.45) is 6.20. The number of anilines is 1. The highest BCUT2D eigenvalue weighted by atomic mass is 79.9. The van der Waals surface area contributed by atoms with Gasteiger partial charge in [0.25, 0.3) is 0 Å². The van der Waals surface area contributed by atoms with Crippen molar-refractivity contribution in [3.63, 3.8) is 0 Å². The van der Waals surface area contributed by atoms with Crippen molar-refractivity contribution in [1.29, 1.82) is 0 Å². The molecule has 2 aromatic rings. The minimum Gasteiger partial charge on any atom is -0.398 e. The lowest BCUT2D eigenvalue weighted by Gasteiger charge is -2.20. The fourth-order valence-corrected chi connectivity index (χ4v) is 2.90. The number of hydrogen-bond donors (Lipinski definition) is 1. The number of nitrogens with zero attached hydrogens (tertiary/aromatic N) is 4. The van der Waals surface area contributed by atoms with Crippen LogP contribution in [0.1, 0.15) is 43.8 Å². The number of nitrogens with two attached hydrogens (primary N) is 1. The second kappa shape index (κ2) is 5.28. The molecule has 1 aromatic carbocycles. The Morgan fingerprint density at radius 3 is 2.74 bits per heavy atom. The molecule has 0 spiro atoms. The van der Waals surface area contributed by atoms with Gasteiger partial charge >= 0.3 is 0 Å². The maximum absolute atomic E-state index is 5.93. The summed E-state index contributed by atoms with van der Waals surface area (Å²) in [4.78, 5) is 0. The van der Waals surface area contributed by atoms with E-state index in [1.165, 1.54) is 32.1 Å². The molecule has 1 heterocycles. The average molecular weight is 322 g/mol. The molecule has 5 nitrogen and oxygen atoms in total. The van der Waals surface area contributed by atoms with E-state index in [4.69, 9.17) is 5.73 Å². The summed E-state index contributed by atoms with van der Waals surface area (Å²) in [5.74, 6) is 1.43. The van der Waals surface area contributed by atoms with Gasteiger partial charge in [-0.15, -0.1) is 5.10 Å². The summed E-state index contributed by atoms with van der Waals surface area (Å²) in [5.41, 5.74) is 7.55. The van der Waals surface area contributed by atoms with E-state index < -0.39 is 0 Å². The molecule has 3 rings (SSSR count). The van der Waals surface area contributed by atoms with Crippen molar-refractivity contribution in [1.82, 2.24) is 20.2 Å². The predicted octanol–water partition coefficient (Wildman–Crippen LogP) is 3.05. The van der Waals surface area contributed by atoms with Crippen LogP contribution < -0.4 is 5.73 Å². The van der Waals surface area contributed by atoms with Crippen molar-refractivity contribution in [2.24, 2.45) is 0 Å². The zero-order valence-electron chi connectivity index (χ0n) is 10.6. The Balaban J connectivity index is 1.96. The fraction of sp³-hybridized carbons (Fsp3) is 0.462. The van der Waals surface area contributed by atoms with Gasteiger partial charge in [-0.05, 0) is 57.4 Å². The first kappa shape index (κ1) is 12.6. The molecule has 100 valence electrons. The van der Waals surface area contributed by atoms with E-state index in [1.807, 2.05) is 22.9 Å². The predicted molar refractivity (Wildman–Crippen MR) is 77.1 cm³/mol. The largest absolute Gasteiger partial charge is 0.398 e. The third kappa shape index (κ3) is 2.49. The van der Waals surface area contributed by atoms with Crippen LogP contribution in [-0.2, 0) is 0 Å². The molecule has 1 aromatic heterocycles. The number of hydrogen-bond acceptors (Lipinski definition) is 4. The number of nitrogen functional groups attached to an aromatic ring is 1. The van der Waals surface area contributed by atoms with E-state index in [0.29, 0.717) is 11.6 Å². The van der Waals surface area contributed by atoms with Crippen LogP contribution in [0.25, 0.3) is 5.69 Å². The Labute approximate surface area is 120 Å². The minimum atomic E-state index is 0.466.